The third-order valence-electron chi connectivity index (χ3n) is 4.48. The molecule has 0 spiro atoms. The molecule has 2 aromatic carbocycles. The predicted octanol–water partition coefficient (Wildman–Crippen LogP) is 5.77. The van der Waals surface area contributed by atoms with Gasteiger partial charge in [-0.15, -0.1) is 0 Å². The SMILES string of the molecule is CCCCCCCC(NC)c1c(C)ccc2ccccc12. The fourth-order valence-electron chi connectivity index (χ4n) is 3.25. The van der Waals surface area contributed by atoms with E-state index < -0.39 is 0 Å². The first kappa shape index (κ1) is 16.0. The van der Waals surface area contributed by atoms with E-state index >= 15 is 0 Å². The zero-order chi connectivity index (χ0) is 15.1. The lowest BCUT2D eigenvalue weighted by Crippen LogP contribution is -2.17. The van der Waals surface area contributed by atoms with Crippen molar-refractivity contribution in [2.75, 3.05) is 7.05 Å². The van der Waals surface area contributed by atoms with Crippen molar-refractivity contribution in [2.45, 2.75) is 58.4 Å². The number of rotatable bonds is 8. The van der Waals surface area contributed by atoms with Crippen LogP contribution in [0.1, 0.15) is 62.6 Å². The van der Waals surface area contributed by atoms with Crippen LogP contribution in [0.4, 0.5) is 0 Å². The van der Waals surface area contributed by atoms with Crippen molar-refractivity contribution in [3.63, 3.8) is 0 Å². The lowest BCUT2D eigenvalue weighted by molar-refractivity contribution is 0.501. The van der Waals surface area contributed by atoms with Crippen LogP contribution in [-0.2, 0) is 0 Å². The van der Waals surface area contributed by atoms with Crippen molar-refractivity contribution < 1.29 is 0 Å². The molecule has 0 radical (unpaired) electrons. The first-order valence-corrected chi connectivity index (χ1v) is 8.43. The molecule has 1 nitrogen and oxygen atoms in total. The summed E-state index contributed by atoms with van der Waals surface area (Å²) in [5.74, 6) is 0. The Bertz CT molecular complexity index is 559. The van der Waals surface area contributed by atoms with E-state index in [0.29, 0.717) is 6.04 Å². The Morgan fingerprint density at radius 3 is 2.48 bits per heavy atom. The van der Waals surface area contributed by atoms with Crippen LogP contribution in [0.15, 0.2) is 36.4 Å². The van der Waals surface area contributed by atoms with Crippen LogP contribution >= 0.6 is 0 Å². The van der Waals surface area contributed by atoms with E-state index in [9.17, 15) is 0 Å². The van der Waals surface area contributed by atoms with Gasteiger partial charge in [-0.2, -0.15) is 0 Å². The Kier molecular flexibility index (Phi) is 6.25. The highest BCUT2D eigenvalue weighted by molar-refractivity contribution is 5.87. The molecule has 0 amide bonds. The van der Waals surface area contributed by atoms with Crippen LogP contribution in [0.2, 0.25) is 0 Å². The highest BCUT2D eigenvalue weighted by atomic mass is 14.9. The summed E-state index contributed by atoms with van der Waals surface area (Å²) in [7, 11) is 2.10. The quantitative estimate of drug-likeness (QED) is 0.606. The molecule has 0 aliphatic heterocycles. The summed E-state index contributed by atoms with van der Waals surface area (Å²) in [6.45, 7) is 4.51. The maximum absolute atomic E-state index is 3.54. The molecule has 1 atom stereocenters. The van der Waals surface area contributed by atoms with Crippen molar-refractivity contribution in [1.29, 1.82) is 0 Å². The molecule has 21 heavy (non-hydrogen) atoms. The molecule has 0 fully saturated rings. The summed E-state index contributed by atoms with van der Waals surface area (Å²) in [6, 6.07) is 13.7. The van der Waals surface area contributed by atoms with Crippen molar-refractivity contribution in [3.8, 4) is 0 Å². The molecule has 1 N–H and O–H groups in total. The van der Waals surface area contributed by atoms with Gasteiger partial charge in [0.25, 0.3) is 0 Å². The molecule has 0 bridgehead atoms. The molecule has 0 aliphatic carbocycles. The molecule has 1 unspecified atom stereocenters. The van der Waals surface area contributed by atoms with Gasteiger partial charge in [-0.3, -0.25) is 0 Å². The summed E-state index contributed by atoms with van der Waals surface area (Å²) in [5.41, 5.74) is 2.90. The van der Waals surface area contributed by atoms with Crippen molar-refractivity contribution in [3.05, 3.63) is 47.5 Å². The van der Waals surface area contributed by atoms with Crippen LogP contribution in [0.25, 0.3) is 10.8 Å². The number of unbranched alkanes of at least 4 members (excludes halogenated alkanes) is 4. The summed E-state index contributed by atoms with van der Waals surface area (Å²) < 4.78 is 0. The highest BCUT2D eigenvalue weighted by Gasteiger charge is 2.14. The van der Waals surface area contributed by atoms with E-state index in [1.54, 1.807) is 0 Å². The molecule has 1 heteroatoms. The molecule has 0 saturated carbocycles. The Morgan fingerprint density at radius 2 is 1.71 bits per heavy atom. The Labute approximate surface area is 129 Å². The second kappa shape index (κ2) is 8.19. The van der Waals surface area contributed by atoms with Crippen LogP contribution in [0.5, 0.6) is 0 Å². The summed E-state index contributed by atoms with van der Waals surface area (Å²) >= 11 is 0. The Balaban J connectivity index is 2.15. The molecular weight excluding hydrogens is 254 g/mol. The second-order valence-corrected chi connectivity index (χ2v) is 6.06. The van der Waals surface area contributed by atoms with Gasteiger partial charge >= 0.3 is 0 Å². The maximum atomic E-state index is 3.54. The largest absolute Gasteiger partial charge is 0.313 e. The van der Waals surface area contributed by atoms with Crippen molar-refractivity contribution in [1.82, 2.24) is 5.32 Å². The van der Waals surface area contributed by atoms with Gasteiger partial charge in [-0.05, 0) is 42.3 Å². The van der Waals surface area contributed by atoms with E-state index in [-0.39, 0.29) is 0 Å². The fraction of sp³-hybridized carbons (Fsp3) is 0.500. The average molecular weight is 283 g/mol. The zero-order valence-corrected chi connectivity index (χ0v) is 13.8. The van der Waals surface area contributed by atoms with E-state index in [4.69, 9.17) is 0 Å². The molecule has 114 valence electrons. The highest BCUT2D eigenvalue weighted by Crippen LogP contribution is 2.30. The number of fused-ring (bicyclic) bond motifs is 1. The minimum atomic E-state index is 0.470. The third-order valence-corrected chi connectivity index (χ3v) is 4.48. The molecule has 0 aromatic heterocycles. The lowest BCUT2D eigenvalue weighted by Gasteiger charge is -2.21. The van der Waals surface area contributed by atoms with Crippen LogP contribution < -0.4 is 5.32 Å². The minimum absolute atomic E-state index is 0.470. The van der Waals surface area contributed by atoms with Gasteiger partial charge in [0, 0.05) is 6.04 Å². The molecule has 0 aliphatic rings. The van der Waals surface area contributed by atoms with Crippen LogP contribution in [0.3, 0.4) is 0 Å². The van der Waals surface area contributed by atoms with Crippen LogP contribution in [0, 0.1) is 6.92 Å². The number of hydrogen-bond donors (Lipinski definition) is 1. The van der Waals surface area contributed by atoms with Gasteiger partial charge in [0.15, 0.2) is 0 Å². The molecule has 0 heterocycles. The predicted molar refractivity (Wildman–Crippen MR) is 93.9 cm³/mol. The van der Waals surface area contributed by atoms with Gasteiger partial charge in [0.2, 0.25) is 0 Å². The third kappa shape index (κ3) is 4.07. The van der Waals surface area contributed by atoms with E-state index in [1.165, 1.54) is 60.4 Å². The van der Waals surface area contributed by atoms with Crippen LogP contribution in [-0.4, -0.2) is 7.05 Å². The van der Waals surface area contributed by atoms with Crippen molar-refractivity contribution in [2.24, 2.45) is 0 Å². The van der Waals surface area contributed by atoms with Gasteiger partial charge in [0.1, 0.15) is 0 Å². The average Bonchev–Trinajstić information content (AvgIpc) is 2.52. The molecule has 2 aromatic rings. The molecule has 2 rings (SSSR count). The van der Waals surface area contributed by atoms with Crippen molar-refractivity contribution >= 4 is 10.8 Å². The first-order chi connectivity index (χ1) is 10.3. The monoisotopic (exact) mass is 283 g/mol. The fourth-order valence-corrected chi connectivity index (χ4v) is 3.25. The zero-order valence-electron chi connectivity index (χ0n) is 13.8. The number of hydrogen-bond acceptors (Lipinski definition) is 1. The van der Waals surface area contributed by atoms with E-state index in [0.717, 1.165) is 0 Å². The van der Waals surface area contributed by atoms with Gasteiger partial charge in [-0.1, -0.05) is 75.4 Å². The number of aryl methyl sites for hydroxylation is 1. The van der Waals surface area contributed by atoms with Gasteiger partial charge < -0.3 is 5.32 Å². The topological polar surface area (TPSA) is 12.0 Å². The summed E-state index contributed by atoms with van der Waals surface area (Å²) in [6.07, 6.45) is 7.97. The molecule has 0 saturated heterocycles. The normalized spacial score (nSPS) is 12.7. The van der Waals surface area contributed by atoms with Gasteiger partial charge in [0.05, 0.1) is 0 Å². The number of benzene rings is 2. The van der Waals surface area contributed by atoms with E-state index in [2.05, 4.69) is 62.6 Å². The Morgan fingerprint density at radius 1 is 0.952 bits per heavy atom. The van der Waals surface area contributed by atoms with E-state index in [1.807, 2.05) is 0 Å². The smallest absolute Gasteiger partial charge is 0.0326 e. The Hall–Kier alpha value is -1.34. The maximum Gasteiger partial charge on any atom is 0.0326 e. The molecular formula is C20H29N. The number of nitrogens with one attached hydrogen (secondary N) is 1. The minimum Gasteiger partial charge on any atom is -0.313 e. The lowest BCUT2D eigenvalue weighted by atomic mass is 9.91. The summed E-state index contributed by atoms with van der Waals surface area (Å²) in [5, 5.41) is 6.30. The standard InChI is InChI=1S/C20H29N/c1-4-5-6-7-8-13-19(21-3)20-16(2)14-15-17-11-9-10-12-18(17)20/h9-12,14-15,19,21H,4-8,13H2,1-3H3. The second-order valence-electron chi connectivity index (χ2n) is 6.06. The first-order valence-electron chi connectivity index (χ1n) is 8.43. The van der Waals surface area contributed by atoms with Gasteiger partial charge in [-0.25, -0.2) is 0 Å². The summed E-state index contributed by atoms with van der Waals surface area (Å²) in [4.78, 5) is 0.